The van der Waals surface area contributed by atoms with E-state index in [2.05, 4.69) is 15.1 Å². The van der Waals surface area contributed by atoms with Crippen LogP contribution in [-0.2, 0) is 4.74 Å². The van der Waals surface area contributed by atoms with E-state index in [1.807, 2.05) is 0 Å². The van der Waals surface area contributed by atoms with Gasteiger partial charge in [0.15, 0.2) is 5.11 Å². The standard InChI is InChI=1S/C21H25F2N3OS/c1-27-15-10-24-21(28)26-13-11-25(12-14-26)20(16-2-6-18(22)7-3-16)17-4-8-19(23)9-5-17/h2-9,20H,10-15H2,1H3,(H,24,28). The molecule has 0 radical (unpaired) electrons. The van der Waals surface area contributed by atoms with Crippen LogP contribution in [0.25, 0.3) is 0 Å². The van der Waals surface area contributed by atoms with Crippen LogP contribution in [0.1, 0.15) is 17.2 Å². The summed E-state index contributed by atoms with van der Waals surface area (Å²) < 4.78 is 31.9. The first-order chi connectivity index (χ1) is 13.6. The van der Waals surface area contributed by atoms with E-state index in [1.54, 1.807) is 31.4 Å². The number of hydrogen-bond acceptors (Lipinski definition) is 3. The van der Waals surface area contributed by atoms with Gasteiger partial charge in [0, 0.05) is 39.8 Å². The van der Waals surface area contributed by atoms with Gasteiger partial charge in [-0.2, -0.15) is 0 Å². The largest absolute Gasteiger partial charge is 0.383 e. The molecule has 0 unspecified atom stereocenters. The molecule has 3 rings (SSSR count). The molecule has 0 spiro atoms. The minimum atomic E-state index is -0.265. The summed E-state index contributed by atoms with van der Waals surface area (Å²) in [6, 6.07) is 13.0. The topological polar surface area (TPSA) is 27.7 Å². The number of hydrogen-bond donors (Lipinski definition) is 1. The first-order valence-electron chi connectivity index (χ1n) is 9.35. The maximum atomic E-state index is 13.4. The third-order valence-corrected chi connectivity index (χ3v) is 5.32. The van der Waals surface area contributed by atoms with Crippen LogP contribution >= 0.6 is 12.2 Å². The SMILES string of the molecule is COCCNC(=S)N1CCN(C(c2ccc(F)cc2)c2ccc(F)cc2)CC1. The van der Waals surface area contributed by atoms with Crippen LogP contribution < -0.4 is 5.32 Å². The van der Waals surface area contributed by atoms with Gasteiger partial charge >= 0.3 is 0 Å². The lowest BCUT2D eigenvalue weighted by molar-refractivity contribution is 0.148. The number of halogens is 2. The Morgan fingerprint density at radius 2 is 1.46 bits per heavy atom. The molecule has 1 aliphatic rings. The van der Waals surface area contributed by atoms with Gasteiger partial charge in [-0.25, -0.2) is 8.78 Å². The quantitative estimate of drug-likeness (QED) is 0.589. The van der Waals surface area contributed by atoms with Crippen LogP contribution in [0.4, 0.5) is 8.78 Å². The van der Waals surface area contributed by atoms with Gasteiger partial charge in [0.25, 0.3) is 0 Å². The van der Waals surface area contributed by atoms with Crippen LogP contribution in [0.3, 0.4) is 0 Å². The van der Waals surface area contributed by atoms with Crippen molar-refractivity contribution in [2.45, 2.75) is 6.04 Å². The van der Waals surface area contributed by atoms with Crippen molar-refractivity contribution in [3.63, 3.8) is 0 Å². The highest BCUT2D eigenvalue weighted by Gasteiger charge is 2.27. The van der Waals surface area contributed by atoms with E-state index in [-0.39, 0.29) is 17.7 Å². The average Bonchev–Trinajstić information content (AvgIpc) is 2.71. The molecule has 4 nitrogen and oxygen atoms in total. The molecule has 0 aliphatic carbocycles. The van der Waals surface area contributed by atoms with Crippen molar-refractivity contribution in [3.05, 3.63) is 71.3 Å². The van der Waals surface area contributed by atoms with Crippen molar-refractivity contribution < 1.29 is 13.5 Å². The monoisotopic (exact) mass is 405 g/mol. The number of ether oxygens (including phenoxy) is 1. The third-order valence-electron chi connectivity index (χ3n) is 4.92. The highest BCUT2D eigenvalue weighted by Crippen LogP contribution is 2.30. The van der Waals surface area contributed by atoms with Gasteiger partial charge < -0.3 is 15.0 Å². The summed E-state index contributed by atoms with van der Waals surface area (Å²) in [4.78, 5) is 4.47. The summed E-state index contributed by atoms with van der Waals surface area (Å²) in [7, 11) is 1.66. The summed E-state index contributed by atoms with van der Waals surface area (Å²) in [5, 5.41) is 3.94. The highest BCUT2D eigenvalue weighted by atomic mass is 32.1. The number of benzene rings is 2. The lowest BCUT2D eigenvalue weighted by Crippen LogP contribution is -2.52. The van der Waals surface area contributed by atoms with E-state index in [0.717, 1.165) is 42.4 Å². The fourth-order valence-electron chi connectivity index (χ4n) is 3.46. The van der Waals surface area contributed by atoms with Gasteiger partial charge in [-0.15, -0.1) is 0 Å². The summed E-state index contributed by atoms with van der Waals surface area (Å²) in [6.45, 7) is 4.47. The van der Waals surface area contributed by atoms with Gasteiger partial charge in [-0.05, 0) is 47.6 Å². The van der Waals surface area contributed by atoms with Gasteiger partial charge in [-0.3, -0.25) is 4.90 Å². The molecule has 0 atom stereocenters. The second kappa shape index (κ2) is 9.91. The molecule has 0 bridgehead atoms. The number of nitrogens with one attached hydrogen (secondary N) is 1. The zero-order valence-corrected chi connectivity index (χ0v) is 16.7. The summed E-state index contributed by atoms with van der Waals surface area (Å²) in [5.41, 5.74) is 1.98. The Labute approximate surface area is 170 Å². The predicted octanol–water partition coefficient (Wildman–Crippen LogP) is 3.19. The van der Waals surface area contributed by atoms with Crippen LogP contribution in [-0.4, -0.2) is 61.4 Å². The van der Waals surface area contributed by atoms with Crippen molar-refractivity contribution in [3.8, 4) is 0 Å². The normalized spacial score (nSPS) is 15.1. The first-order valence-corrected chi connectivity index (χ1v) is 9.76. The summed E-state index contributed by atoms with van der Waals surface area (Å²) >= 11 is 5.46. The molecule has 2 aromatic rings. The van der Waals surface area contributed by atoms with E-state index in [4.69, 9.17) is 17.0 Å². The molecule has 1 aliphatic heterocycles. The van der Waals surface area contributed by atoms with Crippen molar-refractivity contribution in [2.75, 3.05) is 46.4 Å². The van der Waals surface area contributed by atoms with E-state index in [0.29, 0.717) is 13.2 Å². The van der Waals surface area contributed by atoms with Crippen molar-refractivity contribution in [1.82, 2.24) is 15.1 Å². The first kappa shape index (κ1) is 20.6. The summed E-state index contributed by atoms with van der Waals surface area (Å²) in [6.07, 6.45) is 0. The molecule has 2 aromatic carbocycles. The molecule has 0 amide bonds. The molecule has 1 N–H and O–H groups in total. The number of nitrogens with zero attached hydrogens (tertiary/aromatic N) is 2. The van der Waals surface area contributed by atoms with Crippen LogP contribution in [0.2, 0.25) is 0 Å². The Hall–Kier alpha value is -2.09. The highest BCUT2D eigenvalue weighted by molar-refractivity contribution is 7.80. The predicted molar refractivity (Wildman–Crippen MR) is 110 cm³/mol. The van der Waals surface area contributed by atoms with Gasteiger partial charge in [-0.1, -0.05) is 24.3 Å². The Bertz CT molecular complexity index is 717. The van der Waals surface area contributed by atoms with Gasteiger partial charge in [0.1, 0.15) is 11.6 Å². The molecule has 1 fully saturated rings. The molecule has 1 saturated heterocycles. The lowest BCUT2D eigenvalue weighted by Gasteiger charge is -2.40. The minimum absolute atomic E-state index is 0.0571. The summed E-state index contributed by atoms with van der Waals surface area (Å²) in [5.74, 6) is -0.530. The Balaban J connectivity index is 1.72. The number of rotatable bonds is 6. The fraction of sp³-hybridized carbons (Fsp3) is 0.381. The Morgan fingerprint density at radius 1 is 0.964 bits per heavy atom. The second-order valence-electron chi connectivity index (χ2n) is 6.75. The van der Waals surface area contributed by atoms with Gasteiger partial charge in [0.2, 0.25) is 0 Å². The van der Waals surface area contributed by atoms with Crippen LogP contribution in [0, 0.1) is 11.6 Å². The molecule has 150 valence electrons. The molecule has 0 saturated carbocycles. The number of methoxy groups -OCH3 is 1. The van der Waals surface area contributed by atoms with E-state index in [9.17, 15) is 8.78 Å². The van der Waals surface area contributed by atoms with Gasteiger partial charge in [0.05, 0.1) is 12.6 Å². The molecule has 7 heteroatoms. The maximum Gasteiger partial charge on any atom is 0.169 e. The van der Waals surface area contributed by atoms with Crippen LogP contribution in [0.15, 0.2) is 48.5 Å². The molecular weight excluding hydrogens is 380 g/mol. The van der Waals surface area contributed by atoms with Crippen LogP contribution in [0.5, 0.6) is 0 Å². The Kier molecular flexibility index (Phi) is 7.30. The zero-order valence-electron chi connectivity index (χ0n) is 15.9. The van der Waals surface area contributed by atoms with Crippen molar-refractivity contribution in [1.29, 1.82) is 0 Å². The molecule has 28 heavy (non-hydrogen) atoms. The molecular formula is C21H25F2N3OS. The Morgan fingerprint density at radius 3 is 1.93 bits per heavy atom. The molecule has 0 aromatic heterocycles. The third kappa shape index (κ3) is 5.25. The van der Waals surface area contributed by atoms with Crippen molar-refractivity contribution in [2.24, 2.45) is 0 Å². The number of thiocarbonyl (C=S) groups is 1. The van der Waals surface area contributed by atoms with Crippen molar-refractivity contribution >= 4 is 17.3 Å². The van der Waals surface area contributed by atoms with E-state index >= 15 is 0 Å². The minimum Gasteiger partial charge on any atom is -0.383 e. The number of piperazine rings is 1. The fourth-order valence-corrected chi connectivity index (χ4v) is 3.74. The average molecular weight is 406 g/mol. The second-order valence-corrected chi connectivity index (χ2v) is 7.14. The zero-order chi connectivity index (χ0) is 19.9. The van der Waals surface area contributed by atoms with E-state index < -0.39 is 0 Å². The maximum absolute atomic E-state index is 13.4. The smallest absolute Gasteiger partial charge is 0.169 e. The van der Waals surface area contributed by atoms with E-state index in [1.165, 1.54) is 24.3 Å². The molecule has 1 heterocycles. The lowest BCUT2D eigenvalue weighted by atomic mass is 9.96.